The summed E-state index contributed by atoms with van der Waals surface area (Å²) in [5.74, 6) is -0.267. The van der Waals surface area contributed by atoms with Crippen molar-refractivity contribution >= 4 is 5.78 Å². The predicted octanol–water partition coefficient (Wildman–Crippen LogP) is 2.77. The number of benzene rings is 1. The second-order valence-corrected chi connectivity index (χ2v) is 6.84. The van der Waals surface area contributed by atoms with Crippen LogP contribution in [0.4, 0.5) is 13.2 Å². The minimum Gasteiger partial charge on any atom is -0.371 e. The summed E-state index contributed by atoms with van der Waals surface area (Å²) in [5.41, 5.74) is 1.07. The van der Waals surface area contributed by atoms with Gasteiger partial charge in [-0.2, -0.15) is 18.3 Å². The van der Waals surface area contributed by atoms with Crippen LogP contribution in [0.25, 0.3) is 5.82 Å². The maximum absolute atomic E-state index is 12.8. The number of nitrogens with one attached hydrogen (secondary N) is 1. The molecule has 0 unspecified atom stereocenters. The van der Waals surface area contributed by atoms with E-state index < -0.39 is 11.9 Å². The maximum Gasteiger partial charge on any atom is 0.433 e. The van der Waals surface area contributed by atoms with Gasteiger partial charge in [0.1, 0.15) is 12.0 Å². The number of hydrogen-bond acceptors (Lipinski definition) is 6. The Hall–Kier alpha value is -3.11. The van der Waals surface area contributed by atoms with Crippen LogP contribution in [-0.2, 0) is 17.3 Å². The standard InChI is InChI=1S/C20H18F3N5O2/c21-20(22,23)18-8-19(26-12-25-18)28-11-15(9-27-28)16(29)7-13-1-3-14(4-2-13)17-10-24-5-6-30-17/h1-4,8-9,11-12,17,24H,5-7,10H2/t17-/m1/s1. The molecule has 0 saturated carbocycles. The molecule has 0 radical (unpaired) electrons. The number of morpholine rings is 1. The molecule has 1 aliphatic rings. The Kier molecular flexibility index (Phi) is 5.60. The van der Waals surface area contributed by atoms with E-state index in [0.717, 1.165) is 41.3 Å². The van der Waals surface area contributed by atoms with Crippen molar-refractivity contribution in [3.05, 3.63) is 71.4 Å². The van der Waals surface area contributed by atoms with Gasteiger partial charge in [0.15, 0.2) is 11.6 Å². The monoisotopic (exact) mass is 417 g/mol. The molecule has 0 spiro atoms. The van der Waals surface area contributed by atoms with Gasteiger partial charge in [-0.05, 0) is 11.1 Å². The molecule has 1 aromatic carbocycles. The fraction of sp³-hybridized carbons (Fsp3) is 0.300. The van der Waals surface area contributed by atoms with Gasteiger partial charge in [0.05, 0.1) is 24.5 Å². The number of Topliss-reactive ketones (excluding diaryl/α,β-unsaturated/α-hetero) is 1. The summed E-state index contributed by atoms with van der Waals surface area (Å²) >= 11 is 0. The smallest absolute Gasteiger partial charge is 0.371 e. The van der Waals surface area contributed by atoms with E-state index in [4.69, 9.17) is 4.74 Å². The van der Waals surface area contributed by atoms with Crippen LogP contribution in [0, 0.1) is 0 Å². The van der Waals surface area contributed by atoms with Crippen molar-refractivity contribution in [2.45, 2.75) is 18.7 Å². The van der Waals surface area contributed by atoms with Crippen molar-refractivity contribution < 1.29 is 22.7 Å². The van der Waals surface area contributed by atoms with Crippen molar-refractivity contribution in [2.24, 2.45) is 0 Å². The molecule has 10 heteroatoms. The van der Waals surface area contributed by atoms with Crippen LogP contribution in [-0.4, -0.2) is 45.2 Å². The molecule has 0 amide bonds. The molecule has 3 aromatic rings. The zero-order chi connectivity index (χ0) is 21.1. The van der Waals surface area contributed by atoms with Crippen LogP contribution >= 0.6 is 0 Å². The molecule has 1 aliphatic heterocycles. The Balaban J connectivity index is 1.44. The van der Waals surface area contributed by atoms with Gasteiger partial charge < -0.3 is 10.1 Å². The number of aromatic nitrogens is 4. The van der Waals surface area contributed by atoms with E-state index in [1.807, 2.05) is 24.3 Å². The largest absolute Gasteiger partial charge is 0.433 e. The molecule has 1 N–H and O–H groups in total. The highest BCUT2D eigenvalue weighted by atomic mass is 19.4. The second-order valence-electron chi connectivity index (χ2n) is 6.84. The number of ether oxygens (including phenoxy) is 1. The highest BCUT2D eigenvalue weighted by molar-refractivity contribution is 5.97. The zero-order valence-corrected chi connectivity index (χ0v) is 15.8. The van der Waals surface area contributed by atoms with E-state index in [1.165, 1.54) is 12.4 Å². The van der Waals surface area contributed by atoms with E-state index in [1.54, 1.807) is 0 Å². The molecular formula is C20H18F3N5O2. The first-order valence-electron chi connectivity index (χ1n) is 9.29. The SMILES string of the molecule is O=C(Cc1ccc([C@H]2CNCCO2)cc1)c1cnn(-c2cc(C(F)(F)F)ncn2)c1. The third kappa shape index (κ3) is 4.55. The third-order valence-electron chi connectivity index (χ3n) is 4.73. The number of carbonyl (C=O) groups excluding carboxylic acids is 1. The summed E-state index contributed by atoms with van der Waals surface area (Å²) in [6, 6.07) is 8.39. The highest BCUT2D eigenvalue weighted by Gasteiger charge is 2.33. The first-order chi connectivity index (χ1) is 14.4. The Labute approximate surface area is 169 Å². The van der Waals surface area contributed by atoms with Crippen molar-refractivity contribution in [3.8, 4) is 5.82 Å². The fourth-order valence-electron chi connectivity index (χ4n) is 3.14. The van der Waals surface area contributed by atoms with Crippen molar-refractivity contribution in [1.82, 2.24) is 25.1 Å². The Bertz CT molecular complexity index is 1030. The predicted molar refractivity (Wildman–Crippen MR) is 100 cm³/mol. The van der Waals surface area contributed by atoms with Crippen LogP contribution in [0.1, 0.15) is 33.3 Å². The number of hydrogen-bond donors (Lipinski definition) is 1. The summed E-state index contributed by atoms with van der Waals surface area (Å²) in [7, 11) is 0. The molecule has 30 heavy (non-hydrogen) atoms. The lowest BCUT2D eigenvalue weighted by Gasteiger charge is -2.24. The van der Waals surface area contributed by atoms with Gasteiger partial charge in [0.2, 0.25) is 0 Å². The van der Waals surface area contributed by atoms with Crippen LogP contribution in [0.3, 0.4) is 0 Å². The summed E-state index contributed by atoms with van der Waals surface area (Å²) in [6.45, 7) is 2.24. The van der Waals surface area contributed by atoms with Gasteiger partial charge in [-0.15, -0.1) is 0 Å². The lowest BCUT2D eigenvalue weighted by molar-refractivity contribution is -0.141. The topological polar surface area (TPSA) is 81.9 Å². The van der Waals surface area contributed by atoms with Crippen LogP contribution < -0.4 is 5.32 Å². The van der Waals surface area contributed by atoms with Gasteiger partial charge in [-0.1, -0.05) is 24.3 Å². The molecule has 156 valence electrons. The van der Waals surface area contributed by atoms with Crippen molar-refractivity contribution in [2.75, 3.05) is 19.7 Å². The summed E-state index contributed by atoms with van der Waals surface area (Å²) in [6.07, 6.45) is -0.957. The first kappa shape index (κ1) is 20.2. The number of carbonyl (C=O) groups is 1. The molecule has 0 aliphatic carbocycles. The summed E-state index contributed by atoms with van der Waals surface area (Å²) in [4.78, 5) is 19.6. The number of rotatable bonds is 5. The number of ketones is 1. The highest BCUT2D eigenvalue weighted by Crippen LogP contribution is 2.27. The maximum atomic E-state index is 12.8. The van der Waals surface area contributed by atoms with Crippen LogP contribution in [0.2, 0.25) is 0 Å². The van der Waals surface area contributed by atoms with Gasteiger partial charge in [0, 0.05) is 31.8 Å². The van der Waals surface area contributed by atoms with Gasteiger partial charge >= 0.3 is 6.18 Å². The minimum absolute atomic E-state index is 0.00353. The van der Waals surface area contributed by atoms with E-state index >= 15 is 0 Å². The molecule has 2 aromatic heterocycles. The molecule has 4 rings (SSSR count). The molecule has 0 bridgehead atoms. The molecule has 1 fully saturated rings. The van der Waals surface area contributed by atoms with E-state index in [2.05, 4.69) is 20.4 Å². The second kappa shape index (κ2) is 8.33. The third-order valence-corrected chi connectivity index (χ3v) is 4.73. The summed E-state index contributed by atoms with van der Waals surface area (Å²) in [5, 5.41) is 7.23. The molecule has 1 atom stereocenters. The lowest BCUT2D eigenvalue weighted by atomic mass is 10.0. The first-order valence-corrected chi connectivity index (χ1v) is 9.29. The van der Waals surface area contributed by atoms with Crippen molar-refractivity contribution in [1.29, 1.82) is 0 Å². The number of alkyl halides is 3. The van der Waals surface area contributed by atoms with Gasteiger partial charge in [0.25, 0.3) is 0 Å². The van der Waals surface area contributed by atoms with E-state index in [9.17, 15) is 18.0 Å². The molecule has 7 nitrogen and oxygen atoms in total. The van der Waals surface area contributed by atoms with Crippen molar-refractivity contribution in [3.63, 3.8) is 0 Å². The molecular weight excluding hydrogens is 399 g/mol. The number of halogens is 3. The number of nitrogens with zero attached hydrogens (tertiary/aromatic N) is 4. The Morgan fingerprint density at radius 1 is 1.23 bits per heavy atom. The minimum atomic E-state index is -4.59. The van der Waals surface area contributed by atoms with Gasteiger partial charge in [-0.3, -0.25) is 4.79 Å². The molecule has 3 heterocycles. The quantitative estimate of drug-likeness (QED) is 0.643. The van der Waals surface area contributed by atoms with Crippen LogP contribution in [0.5, 0.6) is 0 Å². The van der Waals surface area contributed by atoms with E-state index in [0.29, 0.717) is 6.61 Å². The van der Waals surface area contributed by atoms with E-state index in [-0.39, 0.29) is 29.7 Å². The Morgan fingerprint density at radius 2 is 2.03 bits per heavy atom. The average molecular weight is 417 g/mol. The average Bonchev–Trinajstić information content (AvgIpc) is 3.25. The molecule has 1 saturated heterocycles. The summed E-state index contributed by atoms with van der Waals surface area (Å²) < 4.78 is 45.3. The zero-order valence-electron chi connectivity index (χ0n) is 15.8. The normalized spacial score (nSPS) is 17.1. The van der Waals surface area contributed by atoms with Crippen LogP contribution in [0.15, 0.2) is 49.1 Å². The van der Waals surface area contributed by atoms with Gasteiger partial charge in [-0.25, -0.2) is 14.6 Å². The lowest BCUT2D eigenvalue weighted by Crippen LogP contribution is -2.33. The fourth-order valence-corrected chi connectivity index (χ4v) is 3.14. The Morgan fingerprint density at radius 3 is 2.73 bits per heavy atom.